The van der Waals surface area contributed by atoms with Gasteiger partial charge in [-0.05, 0) is 25.0 Å². The molecule has 0 amide bonds. The van der Waals surface area contributed by atoms with Gasteiger partial charge >= 0.3 is 0 Å². The molecule has 0 atom stereocenters. The molecular formula is C7H6N. The van der Waals surface area contributed by atoms with Crippen molar-refractivity contribution in [2.24, 2.45) is 0 Å². The molecule has 0 aliphatic carbocycles. The monoisotopic (exact) mass is 104 g/mol. The Morgan fingerprint density at radius 1 is 1.62 bits per heavy atom. The minimum atomic E-state index is 0.327. The first-order valence-electron chi connectivity index (χ1n) is 2.47. The van der Waals surface area contributed by atoms with Crippen LogP contribution in [0.4, 0.5) is 0 Å². The molecular weight excluding hydrogens is 98.1 g/mol. The van der Waals surface area contributed by atoms with Gasteiger partial charge < -0.3 is 0 Å². The van der Waals surface area contributed by atoms with Crippen molar-refractivity contribution in [1.29, 1.82) is 0 Å². The van der Waals surface area contributed by atoms with E-state index in [-0.39, 0.29) is 0 Å². The van der Waals surface area contributed by atoms with Gasteiger partial charge in [-0.3, -0.25) is 4.98 Å². The number of aromatic nitrogens is 1. The van der Waals surface area contributed by atoms with Crippen LogP contribution < -0.4 is 0 Å². The molecule has 0 aliphatic rings. The van der Waals surface area contributed by atoms with Crippen LogP contribution >= 0.6 is 0 Å². The fourth-order valence-electron chi connectivity index (χ4n) is 0.503. The van der Waals surface area contributed by atoms with Crippen molar-refractivity contribution in [2.45, 2.75) is 6.42 Å². The number of hydrogen-bond acceptors (Lipinski definition) is 1. The van der Waals surface area contributed by atoms with Crippen molar-refractivity contribution >= 4 is 0 Å². The summed E-state index contributed by atoms with van der Waals surface area (Å²) in [6, 6.07) is 3.73. The summed E-state index contributed by atoms with van der Waals surface area (Å²) < 4.78 is 0. The zero-order valence-electron chi connectivity index (χ0n) is 4.46. The summed E-state index contributed by atoms with van der Waals surface area (Å²) in [6.07, 6.45) is 3.74. The van der Waals surface area contributed by atoms with Gasteiger partial charge in [0.25, 0.3) is 0 Å². The van der Waals surface area contributed by atoms with E-state index in [9.17, 15) is 0 Å². The maximum atomic E-state index is 6.90. The minimum Gasteiger partial charge on any atom is -0.264 e. The molecule has 0 saturated heterocycles. The van der Waals surface area contributed by atoms with Crippen molar-refractivity contribution < 1.29 is 0 Å². The molecule has 3 radical (unpaired) electrons. The van der Waals surface area contributed by atoms with Crippen LogP contribution in [0.2, 0.25) is 0 Å². The van der Waals surface area contributed by atoms with Gasteiger partial charge in [0, 0.05) is 12.4 Å². The van der Waals surface area contributed by atoms with Crippen LogP contribution in [0.3, 0.4) is 0 Å². The quantitative estimate of drug-likeness (QED) is 0.522. The van der Waals surface area contributed by atoms with E-state index in [1.165, 1.54) is 0 Å². The van der Waals surface area contributed by atoms with Gasteiger partial charge in [-0.2, -0.15) is 0 Å². The van der Waals surface area contributed by atoms with Crippen molar-refractivity contribution in [2.75, 3.05) is 0 Å². The first-order valence-corrected chi connectivity index (χ1v) is 2.47. The van der Waals surface area contributed by atoms with Crippen LogP contribution in [0.25, 0.3) is 0 Å². The SMILES string of the molecule is [C]Cc1cccnc1. The Labute approximate surface area is 49.4 Å². The van der Waals surface area contributed by atoms with Crippen molar-refractivity contribution in [1.82, 2.24) is 4.98 Å². The lowest BCUT2D eigenvalue weighted by Gasteiger charge is -1.88. The Hall–Kier alpha value is -0.850. The van der Waals surface area contributed by atoms with Crippen LogP contribution in [0.5, 0.6) is 0 Å². The summed E-state index contributed by atoms with van der Waals surface area (Å²) in [4.78, 5) is 3.84. The summed E-state index contributed by atoms with van der Waals surface area (Å²) in [5, 5.41) is 0. The van der Waals surface area contributed by atoms with E-state index in [2.05, 4.69) is 4.98 Å². The summed E-state index contributed by atoms with van der Waals surface area (Å²) >= 11 is 0. The van der Waals surface area contributed by atoms with Crippen LogP contribution in [0, 0.1) is 6.92 Å². The van der Waals surface area contributed by atoms with E-state index >= 15 is 0 Å². The lowest BCUT2D eigenvalue weighted by molar-refractivity contribution is 1.19. The van der Waals surface area contributed by atoms with Crippen LogP contribution in [-0.2, 0) is 6.42 Å². The second-order valence-corrected chi connectivity index (χ2v) is 1.54. The van der Waals surface area contributed by atoms with Gasteiger partial charge in [-0.1, -0.05) is 6.07 Å². The Bertz CT molecular complexity index is 146. The zero-order chi connectivity index (χ0) is 5.82. The van der Waals surface area contributed by atoms with Gasteiger partial charge in [0.15, 0.2) is 0 Å². The highest BCUT2D eigenvalue weighted by molar-refractivity contribution is 5.08. The molecule has 1 heteroatoms. The Morgan fingerprint density at radius 3 is 2.88 bits per heavy atom. The molecule has 0 spiro atoms. The van der Waals surface area contributed by atoms with Gasteiger partial charge in [-0.25, -0.2) is 0 Å². The highest BCUT2D eigenvalue weighted by atomic mass is 14.6. The first-order chi connectivity index (χ1) is 3.93. The molecule has 1 aromatic rings. The molecule has 1 rings (SSSR count). The molecule has 1 heterocycles. The standard InChI is InChI=1S/C7H6N/c1-2-7-4-3-5-8-6-7/h3-6H,2H2. The van der Waals surface area contributed by atoms with Crippen molar-refractivity contribution in [3.8, 4) is 0 Å². The molecule has 0 saturated carbocycles. The molecule has 0 N–H and O–H groups in total. The van der Waals surface area contributed by atoms with Crippen LogP contribution in [0.1, 0.15) is 5.56 Å². The summed E-state index contributed by atoms with van der Waals surface area (Å²) in [7, 11) is 0. The molecule has 0 bridgehead atoms. The molecule has 8 heavy (non-hydrogen) atoms. The third kappa shape index (κ3) is 1.06. The van der Waals surface area contributed by atoms with Crippen LogP contribution in [-0.4, -0.2) is 4.98 Å². The number of pyridine rings is 1. The lowest BCUT2D eigenvalue weighted by atomic mass is 10.2. The average Bonchev–Trinajstić information content (AvgIpc) is 1.90. The summed E-state index contributed by atoms with van der Waals surface area (Å²) in [5.41, 5.74) is 0.965. The largest absolute Gasteiger partial charge is 0.264 e. The zero-order valence-corrected chi connectivity index (χ0v) is 4.46. The van der Waals surface area contributed by atoms with E-state index in [4.69, 9.17) is 6.92 Å². The van der Waals surface area contributed by atoms with Gasteiger partial charge in [0.2, 0.25) is 0 Å². The Balaban J connectivity index is 2.83. The molecule has 0 aliphatic heterocycles. The fourth-order valence-corrected chi connectivity index (χ4v) is 0.503. The molecule has 0 fully saturated rings. The normalized spacial score (nSPS) is 9.12. The molecule has 0 aromatic carbocycles. The molecule has 0 unspecified atom stereocenters. The third-order valence-corrected chi connectivity index (χ3v) is 0.927. The maximum Gasteiger partial charge on any atom is 0.0300 e. The first kappa shape index (κ1) is 5.29. The predicted octanol–water partition coefficient (Wildman–Crippen LogP) is 1.21. The Kier molecular flexibility index (Phi) is 1.62. The van der Waals surface area contributed by atoms with E-state index < -0.39 is 0 Å². The number of nitrogens with zero attached hydrogens (tertiary/aromatic N) is 1. The van der Waals surface area contributed by atoms with Gasteiger partial charge in [0.05, 0.1) is 0 Å². The highest BCUT2D eigenvalue weighted by Gasteiger charge is 1.81. The highest BCUT2D eigenvalue weighted by Crippen LogP contribution is 1.93. The topological polar surface area (TPSA) is 12.9 Å². The van der Waals surface area contributed by atoms with Crippen molar-refractivity contribution in [3.63, 3.8) is 0 Å². The maximum absolute atomic E-state index is 6.90. The lowest BCUT2D eigenvalue weighted by Crippen LogP contribution is -1.78. The van der Waals surface area contributed by atoms with Crippen LogP contribution in [0.15, 0.2) is 24.5 Å². The predicted molar refractivity (Wildman–Crippen MR) is 31.2 cm³/mol. The fraction of sp³-hybridized carbons (Fsp3) is 0.143. The summed E-state index contributed by atoms with van der Waals surface area (Å²) in [5.74, 6) is 0. The third-order valence-electron chi connectivity index (χ3n) is 0.927. The van der Waals surface area contributed by atoms with E-state index in [1.807, 2.05) is 12.1 Å². The number of rotatable bonds is 1. The molecule has 39 valence electrons. The number of hydrogen-bond donors (Lipinski definition) is 0. The Morgan fingerprint density at radius 2 is 2.50 bits per heavy atom. The summed E-state index contributed by atoms with van der Waals surface area (Å²) in [6.45, 7) is 6.90. The minimum absolute atomic E-state index is 0.327. The van der Waals surface area contributed by atoms with E-state index in [0.717, 1.165) is 5.56 Å². The second kappa shape index (κ2) is 2.46. The van der Waals surface area contributed by atoms with Gasteiger partial charge in [0.1, 0.15) is 0 Å². The van der Waals surface area contributed by atoms with E-state index in [0.29, 0.717) is 6.42 Å². The molecule has 1 aromatic heterocycles. The molecule has 1 nitrogen and oxygen atoms in total. The average molecular weight is 104 g/mol. The van der Waals surface area contributed by atoms with Crippen molar-refractivity contribution in [3.05, 3.63) is 37.0 Å². The van der Waals surface area contributed by atoms with E-state index in [1.54, 1.807) is 12.4 Å². The smallest absolute Gasteiger partial charge is 0.0300 e. The second-order valence-electron chi connectivity index (χ2n) is 1.54. The van der Waals surface area contributed by atoms with Gasteiger partial charge in [-0.15, -0.1) is 0 Å².